The SMILES string of the molecule is O=C1OC2(CCCCC2)C(O)=C1C(c1cccc(NS(=O)(=O)c2ccc(Cl)cc2)c1)C1CC1. The zero-order valence-corrected chi connectivity index (χ0v) is 19.7. The monoisotopic (exact) mass is 487 g/mol. The van der Waals surface area contributed by atoms with Crippen LogP contribution in [0.15, 0.2) is 64.8 Å². The van der Waals surface area contributed by atoms with Crippen LogP contribution < -0.4 is 4.72 Å². The molecule has 2 fully saturated rings. The lowest BCUT2D eigenvalue weighted by atomic mass is 9.79. The lowest BCUT2D eigenvalue weighted by Gasteiger charge is -2.31. The molecule has 1 atom stereocenters. The zero-order valence-electron chi connectivity index (χ0n) is 18.1. The molecule has 6 nitrogen and oxygen atoms in total. The van der Waals surface area contributed by atoms with Gasteiger partial charge in [-0.25, -0.2) is 13.2 Å². The maximum Gasteiger partial charge on any atom is 0.339 e. The molecular formula is C25H26ClNO5S. The summed E-state index contributed by atoms with van der Waals surface area (Å²) in [6, 6.07) is 13.0. The van der Waals surface area contributed by atoms with Crippen LogP contribution in [0.4, 0.5) is 5.69 Å². The van der Waals surface area contributed by atoms with Gasteiger partial charge < -0.3 is 9.84 Å². The van der Waals surface area contributed by atoms with Crippen molar-refractivity contribution in [2.24, 2.45) is 5.92 Å². The van der Waals surface area contributed by atoms with E-state index in [4.69, 9.17) is 16.3 Å². The third-order valence-electron chi connectivity index (χ3n) is 6.88. The number of anilines is 1. The Balaban J connectivity index is 1.48. The second-order valence-corrected chi connectivity index (χ2v) is 11.3. The van der Waals surface area contributed by atoms with E-state index >= 15 is 0 Å². The van der Waals surface area contributed by atoms with E-state index < -0.39 is 21.6 Å². The van der Waals surface area contributed by atoms with Crippen LogP contribution in [0.5, 0.6) is 0 Å². The lowest BCUT2D eigenvalue weighted by Crippen LogP contribution is -2.34. The quantitative estimate of drug-likeness (QED) is 0.509. The number of hydrogen-bond acceptors (Lipinski definition) is 5. The van der Waals surface area contributed by atoms with E-state index in [-0.39, 0.29) is 22.5 Å². The van der Waals surface area contributed by atoms with Crippen molar-refractivity contribution in [3.05, 3.63) is 70.4 Å². The second-order valence-electron chi connectivity index (χ2n) is 9.21. The first-order valence-corrected chi connectivity index (χ1v) is 13.2. The summed E-state index contributed by atoms with van der Waals surface area (Å²) < 4.78 is 34.1. The Morgan fingerprint density at radius 3 is 2.42 bits per heavy atom. The number of aliphatic hydroxyl groups is 1. The van der Waals surface area contributed by atoms with Crippen molar-refractivity contribution in [3.63, 3.8) is 0 Å². The van der Waals surface area contributed by atoms with Gasteiger partial charge in [0.1, 0.15) is 5.76 Å². The molecule has 8 heteroatoms. The highest BCUT2D eigenvalue weighted by Gasteiger charge is 2.52. The topological polar surface area (TPSA) is 92.7 Å². The summed E-state index contributed by atoms with van der Waals surface area (Å²) in [5.74, 6) is -0.468. The summed E-state index contributed by atoms with van der Waals surface area (Å²) in [7, 11) is -3.80. The van der Waals surface area contributed by atoms with Gasteiger partial charge in [-0.05, 0) is 86.4 Å². The second kappa shape index (κ2) is 8.37. The third kappa shape index (κ3) is 4.24. The van der Waals surface area contributed by atoms with Crippen molar-refractivity contribution in [2.45, 2.75) is 61.4 Å². The molecule has 33 heavy (non-hydrogen) atoms. The van der Waals surface area contributed by atoms with Gasteiger partial charge in [0.2, 0.25) is 0 Å². The predicted octanol–water partition coefficient (Wildman–Crippen LogP) is 5.71. The molecule has 2 aromatic rings. The van der Waals surface area contributed by atoms with E-state index in [1.54, 1.807) is 18.2 Å². The fourth-order valence-electron chi connectivity index (χ4n) is 5.09. The average molecular weight is 488 g/mol. The summed E-state index contributed by atoms with van der Waals surface area (Å²) >= 11 is 5.88. The van der Waals surface area contributed by atoms with Gasteiger partial charge in [-0.1, -0.05) is 30.2 Å². The minimum Gasteiger partial charge on any atom is -0.507 e. The highest BCUT2D eigenvalue weighted by molar-refractivity contribution is 7.92. The summed E-state index contributed by atoms with van der Waals surface area (Å²) in [5.41, 5.74) is 0.648. The highest BCUT2D eigenvalue weighted by Crippen LogP contribution is 2.53. The molecule has 2 aromatic carbocycles. The Kier molecular flexibility index (Phi) is 5.65. The summed E-state index contributed by atoms with van der Waals surface area (Å²) in [4.78, 5) is 13.1. The fourth-order valence-corrected chi connectivity index (χ4v) is 6.26. The van der Waals surface area contributed by atoms with Crippen molar-refractivity contribution < 1.29 is 23.1 Å². The molecule has 5 rings (SSSR count). The van der Waals surface area contributed by atoms with Crippen LogP contribution in [-0.2, 0) is 19.6 Å². The molecule has 1 unspecified atom stereocenters. The van der Waals surface area contributed by atoms with E-state index in [1.165, 1.54) is 24.3 Å². The van der Waals surface area contributed by atoms with Gasteiger partial charge in [0.05, 0.1) is 10.5 Å². The number of sulfonamides is 1. The van der Waals surface area contributed by atoms with Gasteiger partial charge in [0.15, 0.2) is 5.60 Å². The number of hydrogen-bond donors (Lipinski definition) is 2. The van der Waals surface area contributed by atoms with E-state index in [0.717, 1.165) is 37.7 Å². The van der Waals surface area contributed by atoms with Crippen LogP contribution in [0, 0.1) is 5.92 Å². The summed E-state index contributed by atoms with van der Waals surface area (Å²) in [6.45, 7) is 0. The molecule has 2 aliphatic carbocycles. The number of aliphatic hydroxyl groups excluding tert-OH is 1. The number of carbonyl (C=O) groups is 1. The van der Waals surface area contributed by atoms with E-state index in [9.17, 15) is 18.3 Å². The molecule has 3 aliphatic rings. The molecule has 1 heterocycles. The maximum atomic E-state index is 13.0. The predicted molar refractivity (Wildman–Crippen MR) is 126 cm³/mol. The van der Waals surface area contributed by atoms with Gasteiger partial charge >= 0.3 is 5.97 Å². The number of nitrogens with one attached hydrogen (secondary N) is 1. The van der Waals surface area contributed by atoms with Crippen molar-refractivity contribution >= 4 is 33.3 Å². The lowest BCUT2D eigenvalue weighted by molar-refractivity contribution is -0.151. The molecule has 1 spiro atoms. The average Bonchev–Trinajstić information content (AvgIpc) is 3.59. The van der Waals surface area contributed by atoms with Gasteiger partial charge in [0.25, 0.3) is 10.0 Å². The first-order valence-electron chi connectivity index (χ1n) is 11.3. The van der Waals surface area contributed by atoms with Crippen LogP contribution in [0.1, 0.15) is 56.4 Å². The van der Waals surface area contributed by atoms with Crippen LogP contribution in [0.3, 0.4) is 0 Å². The van der Waals surface area contributed by atoms with Crippen LogP contribution in [-0.4, -0.2) is 25.1 Å². The highest BCUT2D eigenvalue weighted by atomic mass is 35.5. The van der Waals surface area contributed by atoms with Crippen molar-refractivity contribution in [1.82, 2.24) is 0 Å². The molecule has 2 saturated carbocycles. The molecule has 1 aliphatic heterocycles. The van der Waals surface area contributed by atoms with Gasteiger partial charge in [-0.2, -0.15) is 0 Å². The van der Waals surface area contributed by atoms with Crippen molar-refractivity contribution in [3.8, 4) is 0 Å². The minimum absolute atomic E-state index is 0.0799. The van der Waals surface area contributed by atoms with E-state index in [0.29, 0.717) is 29.1 Å². The summed E-state index contributed by atoms with van der Waals surface area (Å²) in [6.07, 6.45) is 6.09. The molecule has 0 bridgehead atoms. The Labute approximate surface area is 198 Å². The smallest absolute Gasteiger partial charge is 0.339 e. The standard InChI is InChI=1S/C25H26ClNO5S/c26-18-9-11-20(12-10-18)33(30,31)27-19-6-4-5-17(15-19)21(16-7-8-16)22-23(28)25(32-24(22)29)13-2-1-3-14-25/h4-6,9-12,15-16,21,27-28H,1-3,7-8,13-14H2. The Morgan fingerprint density at radius 2 is 1.76 bits per heavy atom. The number of esters is 1. The summed E-state index contributed by atoms with van der Waals surface area (Å²) in [5, 5.41) is 11.6. The van der Waals surface area contributed by atoms with Crippen LogP contribution in [0.25, 0.3) is 0 Å². The number of ether oxygens (including phenoxy) is 1. The number of rotatable bonds is 6. The first-order chi connectivity index (χ1) is 15.8. The minimum atomic E-state index is -3.80. The molecule has 2 N–H and O–H groups in total. The molecule has 0 radical (unpaired) electrons. The fraction of sp³-hybridized carbons (Fsp3) is 0.400. The van der Waals surface area contributed by atoms with Gasteiger partial charge in [0, 0.05) is 16.6 Å². The number of benzene rings is 2. The molecule has 0 saturated heterocycles. The first kappa shape index (κ1) is 22.3. The maximum absolute atomic E-state index is 13.0. The number of halogens is 1. The largest absolute Gasteiger partial charge is 0.507 e. The zero-order chi connectivity index (χ0) is 23.2. The molecule has 0 amide bonds. The molecule has 174 valence electrons. The van der Waals surface area contributed by atoms with Gasteiger partial charge in [-0.3, -0.25) is 4.72 Å². The Morgan fingerprint density at radius 1 is 1.06 bits per heavy atom. The van der Waals surface area contributed by atoms with Crippen molar-refractivity contribution in [2.75, 3.05) is 4.72 Å². The van der Waals surface area contributed by atoms with E-state index in [2.05, 4.69) is 4.72 Å². The van der Waals surface area contributed by atoms with Crippen LogP contribution >= 0.6 is 11.6 Å². The normalized spacial score (nSPS) is 21.2. The molecule has 0 aromatic heterocycles. The van der Waals surface area contributed by atoms with Crippen LogP contribution in [0.2, 0.25) is 5.02 Å². The third-order valence-corrected chi connectivity index (χ3v) is 8.53. The number of carbonyl (C=O) groups excluding carboxylic acids is 1. The Bertz CT molecular complexity index is 1210. The molecular weight excluding hydrogens is 462 g/mol. The van der Waals surface area contributed by atoms with Crippen molar-refractivity contribution in [1.29, 1.82) is 0 Å². The van der Waals surface area contributed by atoms with E-state index in [1.807, 2.05) is 6.07 Å². The Hall–Kier alpha value is -2.51. The van der Waals surface area contributed by atoms with Gasteiger partial charge in [-0.15, -0.1) is 0 Å².